The molecule has 2 amide bonds. The quantitative estimate of drug-likeness (QED) is 0.632. The van der Waals surface area contributed by atoms with Crippen LogP contribution in [0.5, 0.6) is 0 Å². The van der Waals surface area contributed by atoms with Crippen LogP contribution >= 0.6 is 0 Å². The molecule has 0 bridgehead atoms. The maximum Gasteiger partial charge on any atom is 0.227 e. The second-order valence-electron chi connectivity index (χ2n) is 8.65. The number of hydrogen-bond acceptors (Lipinski definition) is 4. The molecule has 1 atom stereocenters. The molecule has 4 rings (SSSR count). The SMILES string of the molecule is CCN1CCN(C(=O)Cc2c(C)n[nH]c2C)C[C@H](Cc2ccccc2-c2cccnc2)C1=O. The molecule has 0 saturated carbocycles. The molecule has 7 heteroatoms. The predicted molar refractivity (Wildman–Crippen MR) is 127 cm³/mol. The van der Waals surface area contributed by atoms with Crippen molar-refractivity contribution in [3.05, 3.63) is 71.3 Å². The molecule has 7 nitrogen and oxygen atoms in total. The van der Waals surface area contributed by atoms with Gasteiger partial charge in [0, 0.05) is 55.4 Å². The third-order valence-corrected chi connectivity index (χ3v) is 6.54. The summed E-state index contributed by atoms with van der Waals surface area (Å²) in [6.07, 6.45) is 4.48. The van der Waals surface area contributed by atoms with Crippen LogP contribution < -0.4 is 0 Å². The lowest BCUT2D eigenvalue weighted by atomic mass is 9.91. The number of likely N-dealkylation sites (N-methyl/N-ethyl adjacent to an activating group) is 1. The Kier molecular flexibility index (Phi) is 6.87. The van der Waals surface area contributed by atoms with Crippen LogP contribution in [-0.4, -0.2) is 63.0 Å². The summed E-state index contributed by atoms with van der Waals surface area (Å²) >= 11 is 0. The number of carbonyl (C=O) groups excluding carboxylic acids is 2. The molecular weight excluding hydrogens is 414 g/mol. The van der Waals surface area contributed by atoms with Gasteiger partial charge < -0.3 is 9.80 Å². The highest BCUT2D eigenvalue weighted by atomic mass is 16.2. The topological polar surface area (TPSA) is 82.2 Å². The Hall–Kier alpha value is -3.48. The summed E-state index contributed by atoms with van der Waals surface area (Å²) in [7, 11) is 0. The highest BCUT2D eigenvalue weighted by molar-refractivity contribution is 5.84. The molecule has 3 heterocycles. The van der Waals surface area contributed by atoms with E-state index in [1.807, 2.05) is 61.0 Å². The minimum Gasteiger partial charge on any atom is -0.341 e. The minimum atomic E-state index is -0.291. The molecule has 0 aliphatic carbocycles. The molecule has 1 aromatic carbocycles. The fourth-order valence-corrected chi connectivity index (χ4v) is 4.60. The Bertz CT molecular complexity index is 1110. The van der Waals surface area contributed by atoms with Gasteiger partial charge in [0.05, 0.1) is 18.0 Å². The van der Waals surface area contributed by atoms with E-state index in [2.05, 4.69) is 27.3 Å². The normalized spacial score (nSPS) is 16.7. The maximum atomic E-state index is 13.4. The molecule has 172 valence electrons. The first-order valence-corrected chi connectivity index (χ1v) is 11.5. The zero-order valence-corrected chi connectivity index (χ0v) is 19.5. The summed E-state index contributed by atoms with van der Waals surface area (Å²) in [6.45, 7) is 8.02. The number of aromatic nitrogens is 3. The van der Waals surface area contributed by atoms with Crippen molar-refractivity contribution in [2.75, 3.05) is 26.2 Å². The largest absolute Gasteiger partial charge is 0.341 e. The molecule has 1 N–H and O–H groups in total. The molecule has 1 saturated heterocycles. The minimum absolute atomic E-state index is 0.0406. The highest BCUT2D eigenvalue weighted by Gasteiger charge is 2.32. The molecule has 1 aliphatic heterocycles. The van der Waals surface area contributed by atoms with Crippen molar-refractivity contribution in [2.24, 2.45) is 5.92 Å². The second kappa shape index (κ2) is 9.98. The van der Waals surface area contributed by atoms with Crippen LogP contribution in [0.3, 0.4) is 0 Å². The second-order valence-corrected chi connectivity index (χ2v) is 8.65. The van der Waals surface area contributed by atoms with Gasteiger partial charge in [0.15, 0.2) is 0 Å². The van der Waals surface area contributed by atoms with Crippen molar-refractivity contribution in [3.63, 3.8) is 0 Å². The van der Waals surface area contributed by atoms with Gasteiger partial charge in [-0.1, -0.05) is 30.3 Å². The number of rotatable bonds is 6. The fourth-order valence-electron chi connectivity index (χ4n) is 4.60. The Morgan fingerprint density at radius 3 is 2.67 bits per heavy atom. The molecule has 0 unspecified atom stereocenters. The fraction of sp³-hybridized carbons (Fsp3) is 0.385. The number of H-pyrrole nitrogens is 1. The number of amides is 2. The molecule has 2 aromatic heterocycles. The first-order valence-electron chi connectivity index (χ1n) is 11.5. The molecule has 0 radical (unpaired) electrons. The van der Waals surface area contributed by atoms with Crippen LogP contribution in [0.25, 0.3) is 11.1 Å². The number of hydrogen-bond donors (Lipinski definition) is 1. The van der Waals surface area contributed by atoms with Crippen LogP contribution in [0.15, 0.2) is 48.8 Å². The van der Waals surface area contributed by atoms with Crippen LogP contribution in [0.4, 0.5) is 0 Å². The van der Waals surface area contributed by atoms with Gasteiger partial charge in [0.1, 0.15) is 0 Å². The lowest BCUT2D eigenvalue weighted by Gasteiger charge is -2.24. The van der Waals surface area contributed by atoms with Crippen LogP contribution in [0, 0.1) is 19.8 Å². The van der Waals surface area contributed by atoms with E-state index in [4.69, 9.17) is 0 Å². The van der Waals surface area contributed by atoms with Gasteiger partial charge in [0.2, 0.25) is 11.8 Å². The van der Waals surface area contributed by atoms with Crippen molar-refractivity contribution in [1.82, 2.24) is 25.0 Å². The Morgan fingerprint density at radius 1 is 1.15 bits per heavy atom. The molecule has 0 spiro atoms. The van der Waals surface area contributed by atoms with E-state index in [0.29, 0.717) is 39.0 Å². The Morgan fingerprint density at radius 2 is 1.97 bits per heavy atom. The standard InChI is InChI=1S/C26H31N5O2/c1-4-30-12-13-31(25(32)15-24-18(2)28-29-19(24)3)17-22(26(30)33)14-20-8-5-6-10-23(20)21-9-7-11-27-16-21/h5-11,16,22H,4,12-15,17H2,1-3H3,(H,28,29)/t22-/m0/s1. The molecule has 3 aromatic rings. The number of carbonyl (C=O) groups is 2. The van der Waals surface area contributed by atoms with Crippen molar-refractivity contribution >= 4 is 11.8 Å². The van der Waals surface area contributed by atoms with E-state index < -0.39 is 0 Å². The third-order valence-electron chi connectivity index (χ3n) is 6.54. The lowest BCUT2D eigenvalue weighted by molar-refractivity contribution is -0.134. The molecule has 1 aliphatic rings. The summed E-state index contributed by atoms with van der Waals surface area (Å²) in [5.74, 6) is -0.135. The number of pyridine rings is 1. The number of aromatic amines is 1. The van der Waals surface area contributed by atoms with Crippen LogP contribution in [0.1, 0.15) is 29.4 Å². The lowest BCUT2D eigenvalue weighted by Crippen LogP contribution is -2.38. The summed E-state index contributed by atoms with van der Waals surface area (Å²) in [5.41, 5.74) is 5.92. The van der Waals surface area contributed by atoms with Gasteiger partial charge in [-0.05, 0) is 44.4 Å². The van der Waals surface area contributed by atoms with E-state index in [-0.39, 0.29) is 17.7 Å². The van der Waals surface area contributed by atoms with Gasteiger partial charge in [-0.25, -0.2) is 0 Å². The molecular formula is C26H31N5O2. The third kappa shape index (κ3) is 4.97. The van der Waals surface area contributed by atoms with Gasteiger partial charge in [-0.15, -0.1) is 0 Å². The number of nitrogens with zero attached hydrogens (tertiary/aromatic N) is 4. The number of nitrogens with one attached hydrogen (secondary N) is 1. The van der Waals surface area contributed by atoms with E-state index in [0.717, 1.165) is 33.6 Å². The van der Waals surface area contributed by atoms with Gasteiger partial charge in [0.25, 0.3) is 0 Å². The number of aryl methyl sites for hydroxylation is 2. The smallest absolute Gasteiger partial charge is 0.227 e. The van der Waals surface area contributed by atoms with Crippen LogP contribution in [-0.2, 0) is 22.4 Å². The van der Waals surface area contributed by atoms with Gasteiger partial charge in [-0.3, -0.25) is 19.7 Å². The van der Waals surface area contributed by atoms with Crippen molar-refractivity contribution in [3.8, 4) is 11.1 Å². The monoisotopic (exact) mass is 445 g/mol. The Labute approximate surface area is 194 Å². The average molecular weight is 446 g/mol. The summed E-state index contributed by atoms with van der Waals surface area (Å²) < 4.78 is 0. The highest BCUT2D eigenvalue weighted by Crippen LogP contribution is 2.27. The van der Waals surface area contributed by atoms with Crippen molar-refractivity contribution in [2.45, 2.75) is 33.6 Å². The number of benzene rings is 1. The van der Waals surface area contributed by atoms with E-state index in [9.17, 15) is 9.59 Å². The average Bonchev–Trinajstić information content (AvgIpc) is 3.05. The zero-order valence-electron chi connectivity index (χ0n) is 19.5. The summed E-state index contributed by atoms with van der Waals surface area (Å²) in [5, 5.41) is 7.17. The summed E-state index contributed by atoms with van der Waals surface area (Å²) in [4.78, 5) is 34.6. The van der Waals surface area contributed by atoms with E-state index in [1.165, 1.54) is 0 Å². The zero-order chi connectivity index (χ0) is 23.4. The van der Waals surface area contributed by atoms with Crippen molar-refractivity contribution < 1.29 is 9.59 Å². The van der Waals surface area contributed by atoms with Crippen molar-refractivity contribution in [1.29, 1.82) is 0 Å². The molecule has 33 heavy (non-hydrogen) atoms. The maximum absolute atomic E-state index is 13.4. The van der Waals surface area contributed by atoms with E-state index >= 15 is 0 Å². The summed E-state index contributed by atoms with van der Waals surface area (Å²) in [6, 6.07) is 12.1. The molecule has 1 fully saturated rings. The first kappa shape index (κ1) is 22.7. The van der Waals surface area contributed by atoms with Crippen LogP contribution in [0.2, 0.25) is 0 Å². The predicted octanol–water partition coefficient (Wildman–Crippen LogP) is 3.18. The van der Waals surface area contributed by atoms with Gasteiger partial charge in [-0.2, -0.15) is 5.10 Å². The van der Waals surface area contributed by atoms with E-state index in [1.54, 1.807) is 6.20 Å². The van der Waals surface area contributed by atoms with Gasteiger partial charge >= 0.3 is 0 Å². The first-order chi connectivity index (χ1) is 16.0. The Balaban J connectivity index is 1.59.